The molecule has 2 nitrogen and oxygen atoms in total. The van der Waals surface area contributed by atoms with Crippen LogP contribution in [0.4, 0.5) is 0 Å². The lowest BCUT2D eigenvalue weighted by atomic mass is 9.77. The predicted octanol–water partition coefficient (Wildman–Crippen LogP) is 5.96. The van der Waals surface area contributed by atoms with Gasteiger partial charge in [0.2, 0.25) is 0 Å². The quantitative estimate of drug-likeness (QED) is 0.512. The second-order valence-corrected chi connectivity index (χ2v) is 6.87. The highest BCUT2D eigenvalue weighted by Gasteiger charge is 2.21. The molecule has 0 heterocycles. The minimum atomic E-state index is -0.287. The van der Waals surface area contributed by atoms with Crippen LogP contribution in [0.3, 0.4) is 0 Å². The van der Waals surface area contributed by atoms with Crippen molar-refractivity contribution in [3.05, 3.63) is 54.1 Å². The molecule has 0 N–H and O–H groups in total. The fourth-order valence-corrected chi connectivity index (χ4v) is 3.73. The molecule has 1 aliphatic carbocycles. The van der Waals surface area contributed by atoms with E-state index in [1.54, 1.807) is 0 Å². The van der Waals surface area contributed by atoms with Crippen LogP contribution in [0.1, 0.15) is 57.4 Å². The van der Waals surface area contributed by atoms with Gasteiger partial charge in [-0.1, -0.05) is 49.7 Å². The van der Waals surface area contributed by atoms with E-state index in [1.807, 2.05) is 24.3 Å². The maximum absolute atomic E-state index is 11.0. The average Bonchev–Trinajstić information content (AvgIpc) is 2.62. The zero-order valence-electron chi connectivity index (χ0n) is 14.6. The Balaban J connectivity index is 1.67. The number of rotatable bonds is 4. The number of carbonyl (C=O) groups is 1. The Labute approximate surface area is 144 Å². The van der Waals surface area contributed by atoms with Gasteiger partial charge in [0.1, 0.15) is 5.75 Å². The Bertz CT molecular complexity index is 662. The first-order valence-electron chi connectivity index (χ1n) is 9.04. The number of ether oxygens (including phenoxy) is 1. The smallest absolute Gasteiger partial charge is 0.308 e. The molecular weight excluding hydrogens is 296 g/mol. The van der Waals surface area contributed by atoms with Gasteiger partial charge in [-0.15, -0.1) is 0 Å². The van der Waals surface area contributed by atoms with Crippen LogP contribution in [0.25, 0.3) is 11.1 Å². The summed E-state index contributed by atoms with van der Waals surface area (Å²) in [5.74, 6) is 1.98. The third-order valence-corrected chi connectivity index (χ3v) is 5.26. The highest BCUT2D eigenvalue weighted by molar-refractivity contribution is 5.70. The zero-order valence-corrected chi connectivity index (χ0v) is 14.6. The second kappa shape index (κ2) is 7.65. The van der Waals surface area contributed by atoms with E-state index in [2.05, 4.69) is 31.2 Å². The first kappa shape index (κ1) is 16.8. The van der Waals surface area contributed by atoms with Gasteiger partial charge < -0.3 is 4.74 Å². The van der Waals surface area contributed by atoms with Gasteiger partial charge in [-0.2, -0.15) is 0 Å². The summed E-state index contributed by atoms with van der Waals surface area (Å²) in [7, 11) is 0. The molecule has 0 atom stereocenters. The van der Waals surface area contributed by atoms with Crippen LogP contribution in [0.5, 0.6) is 5.75 Å². The third kappa shape index (κ3) is 4.05. The first-order chi connectivity index (χ1) is 11.7. The molecule has 1 aliphatic rings. The van der Waals surface area contributed by atoms with E-state index in [9.17, 15) is 4.79 Å². The van der Waals surface area contributed by atoms with E-state index in [0.29, 0.717) is 5.75 Å². The van der Waals surface area contributed by atoms with Gasteiger partial charge in [-0.25, -0.2) is 0 Å². The van der Waals surface area contributed by atoms with Crippen molar-refractivity contribution in [3.63, 3.8) is 0 Å². The summed E-state index contributed by atoms with van der Waals surface area (Å²) >= 11 is 0. The number of benzene rings is 2. The van der Waals surface area contributed by atoms with Gasteiger partial charge in [0.25, 0.3) is 0 Å². The average molecular weight is 322 g/mol. The van der Waals surface area contributed by atoms with Gasteiger partial charge in [0.05, 0.1) is 0 Å². The summed E-state index contributed by atoms with van der Waals surface area (Å²) in [6, 6.07) is 16.7. The van der Waals surface area contributed by atoms with Gasteiger partial charge in [-0.05, 0) is 66.3 Å². The molecule has 0 amide bonds. The molecule has 2 aromatic rings. The topological polar surface area (TPSA) is 26.3 Å². The summed E-state index contributed by atoms with van der Waals surface area (Å²) in [6.07, 6.45) is 6.74. The molecule has 1 fully saturated rings. The minimum absolute atomic E-state index is 0.287. The van der Waals surface area contributed by atoms with Crippen LogP contribution < -0.4 is 4.74 Å². The maximum atomic E-state index is 11.0. The Hall–Kier alpha value is -2.09. The lowest BCUT2D eigenvalue weighted by Gasteiger charge is -2.28. The van der Waals surface area contributed by atoms with Gasteiger partial charge in [-0.3, -0.25) is 4.79 Å². The minimum Gasteiger partial charge on any atom is -0.427 e. The normalized spacial score (nSPS) is 20.6. The molecular formula is C22H26O2. The van der Waals surface area contributed by atoms with Crippen molar-refractivity contribution in [2.45, 2.75) is 51.9 Å². The van der Waals surface area contributed by atoms with E-state index >= 15 is 0 Å². The van der Waals surface area contributed by atoms with Crippen molar-refractivity contribution < 1.29 is 9.53 Å². The molecule has 0 aliphatic heterocycles. The molecule has 0 radical (unpaired) electrons. The lowest BCUT2D eigenvalue weighted by molar-refractivity contribution is -0.131. The van der Waals surface area contributed by atoms with Crippen molar-refractivity contribution in [3.8, 4) is 16.9 Å². The van der Waals surface area contributed by atoms with Crippen LogP contribution in [0.15, 0.2) is 48.5 Å². The first-order valence-corrected chi connectivity index (χ1v) is 9.04. The van der Waals surface area contributed by atoms with E-state index in [1.165, 1.54) is 50.2 Å². The van der Waals surface area contributed by atoms with Gasteiger partial charge >= 0.3 is 5.97 Å². The summed E-state index contributed by atoms with van der Waals surface area (Å²) in [5, 5.41) is 0. The molecule has 0 aromatic heterocycles. The maximum Gasteiger partial charge on any atom is 0.308 e. The van der Waals surface area contributed by atoms with Crippen LogP contribution >= 0.6 is 0 Å². The van der Waals surface area contributed by atoms with Crippen molar-refractivity contribution in [2.24, 2.45) is 5.92 Å². The number of carbonyl (C=O) groups excluding carboxylic acids is 1. The van der Waals surface area contributed by atoms with Crippen LogP contribution in [-0.4, -0.2) is 5.97 Å². The molecule has 2 aromatic carbocycles. The second-order valence-electron chi connectivity index (χ2n) is 6.87. The Morgan fingerprint density at radius 3 is 1.96 bits per heavy atom. The Morgan fingerprint density at radius 1 is 0.917 bits per heavy atom. The van der Waals surface area contributed by atoms with E-state index < -0.39 is 0 Å². The van der Waals surface area contributed by atoms with Crippen molar-refractivity contribution in [2.75, 3.05) is 0 Å². The molecule has 0 spiro atoms. The van der Waals surface area contributed by atoms with Crippen LogP contribution in [-0.2, 0) is 4.79 Å². The lowest BCUT2D eigenvalue weighted by Crippen LogP contribution is -2.12. The third-order valence-electron chi connectivity index (χ3n) is 5.26. The fraction of sp³-hybridized carbons (Fsp3) is 0.409. The zero-order chi connectivity index (χ0) is 16.9. The monoisotopic (exact) mass is 322 g/mol. The number of esters is 1. The van der Waals surface area contributed by atoms with Crippen molar-refractivity contribution in [1.82, 2.24) is 0 Å². The molecule has 3 rings (SSSR count). The molecule has 2 heteroatoms. The fourth-order valence-electron chi connectivity index (χ4n) is 3.73. The summed E-state index contributed by atoms with van der Waals surface area (Å²) in [4.78, 5) is 11.0. The SMILES string of the molecule is CCC1CCC(c2ccc(-c3ccc(OC(C)=O)cc3)cc2)CC1. The molecule has 126 valence electrons. The van der Waals surface area contributed by atoms with E-state index in [4.69, 9.17) is 4.74 Å². The summed E-state index contributed by atoms with van der Waals surface area (Å²) < 4.78 is 5.08. The molecule has 24 heavy (non-hydrogen) atoms. The highest BCUT2D eigenvalue weighted by atomic mass is 16.5. The Morgan fingerprint density at radius 2 is 1.46 bits per heavy atom. The largest absolute Gasteiger partial charge is 0.427 e. The van der Waals surface area contributed by atoms with E-state index in [-0.39, 0.29) is 5.97 Å². The van der Waals surface area contributed by atoms with E-state index in [0.717, 1.165) is 17.4 Å². The summed E-state index contributed by atoms with van der Waals surface area (Å²) in [6.45, 7) is 3.73. The molecule has 1 saturated carbocycles. The standard InChI is InChI=1S/C22H26O2/c1-3-17-4-6-18(7-5-17)19-8-10-20(11-9-19)21-12-14-22(15-13-21)24-16(2)23/h8-15,17-18H,3-7H2,1-2H3. The molecule has 0 unspecified atom stereocenters. The molecule has 0 saturated heterocycles. The van der Waals surface area contributed by atoms with Crippen LogP contribution in [0, 0.1) is 5.92 Å². The van der Waals surface area contributed by atoms with Gasteiger partial charge in [0, 0.05) is 6.92 Å². The van der Waals surface area contributed by atoms with Crippen LogP contribution in [0.2, 0.25) is 0 Å². The number of hydrogen-bond acceptors (Lipinski definition) is 2. The Kier molecular flexibility index (Phi) is 5.34. The van der Waals surface area contributed by atoms with Crippen molar-refractivity contribution >= 4 is 5.97 Å². The van der Waals surface area contributed by atoms with Gasteiger partial charge in [0.15, 0.2) is 0 Å². The summed E-state index contributed by atoms with van der Waals surface area (Å²) in [5.41, 5.74) is 3.83. The number of hydrogen-bond donors (Lipinski definition) is 0. The van der Waals surface area contributed by atoms with Crippen molar-refractivity contribution in [1.29, 1.82) is 0 Å². The highest BCUT2D eigenvalue weighted by Crippen LogP contribution is 2.37. The molecule has 0 bridgehead atoms. The predicted molar refractivity (Wildman–Crippen MR) is 98.2 cm³/mol.